The molecule has 208 valence electrons. The number of hydrogen-bond acceptors (Lipinski definition) is 8. The largest absolute Gasteiger partial charge is 0.496 e. The van der Waals surface area contributed by atoms with Gasteiger partial charge in [-0.1, -0.05) is 34.4 Å². The number of carboxylic acid groups (broad SMARTS) is 1. The molecule has 0 amide bonds. The molecule has 2 bridgehead atoms. The zero-order valence-corrected chi connectivity index (χ0v) is 23.3. The summed E-state index contributed by atoms with van der Waals surface area (Å²) < 4.78 is 32.5. The molecule has 1 atom stereocenters. The molecule has 3 aliphatic rings. The molecule has 0 spiro atoms. The summed E-state index contributed by atoms with van der Waals surface area (Å²) in [5.41, 5.74) is 0.700. The highest BCUT2D eigenvalue weighted by Crippen LogP contribution is 2.48. The fourth-order valence-corrected chi connectivity index (χ4v) is 6.81. The number of aromatic nitrogens is 2. The lowest BCUT2D eigenvalue weighted by molar-refractivity contribution is 0.0696. The molecular weight excluding hydrogens is 594 g/mol. The van der Waals surface area contributed by atoms with Gasteiger partial charge in [0, 0.05) is 22.6 Å². The quantitative estimate of drug-likeness (QED) is 0.227. The first-order valence-electron chi connectivity index (χ1n) is 12.6. The normalized spacial score (nSPS) is 19.9. The molecule has 41 heavy (non-hydrogen) atoms. The number of halogens is 3. The van der Waals surface area contributed by atoms with Crippen molar-refractivity contribution >= 4 is 50.7 Å². The third-order valence-electron chi connectivity index (χ3n) is 7.30. The number of allylic oxidation sites excluding steroid dienone is 1. The average molecular weight is 613 g/mol. The highest BCUT2D eigenvalue weighted by atomic mass is 35.5. The van der Waals surface area contributed by atoms with Gasteiger partial charge in [-0.15, -0.1) is 11.3 Å². The van der Waals surface area contributed by atoms with Crippen LogP contribution in [0.5, 0.6) is 0 Å². The minimum Gasteiger partial charge on any atom is -0.496 e. The van der Waals surface area contributed by atoms with E-state index >= 15 is 0 Å². The summed E-state index contributed by atoms with van der Waals surface area (Å²) in [6, 6.07) is 7.48. The van der Waals surface area contributed by atoms with Crippen LogP contribution in [0.4, 0.5) is 4.39 Å². The Bertz CT molecular complexity index is 1840. The summed E-state index contributed by atoms with van der Waals surface area (Å²) in [6.45, 7) is 0.152. The Hall–Kier alpha value is -3.70. The summed E-state index contributed by atoms with van der Waals surface area (Å²) >= 11 is 14.0. The van der Waals surface area contributed by atoms with E-state index in [-0.39, 0.29) is 35.2 Å². The number of benzene rings is 2. The van der Waals surface area contributed by atoms with Gasteiger partial charge in [-0.25, -0.2) is 14.2 Å². The zero-order valence-electron chi connectivity index (χ0n) is 21.0. The van der Waals surface area contributed by atoms with Crippen LogP contribution in [0, 0.1) is 5.82 Å². The van der Waals surface area contributed by atoms with Crippen LogP contribution in [-0.2, 0) is 21.7 Å². The number of thiazole rings is 1. The van der Waals surface area contributed by atoms with Crippen LogP contribution in [0.1, 0.15) is 45.4 Å². The van der Waals surface area contributed by atoms with Crippen LogP contribution in [0.25, 0.3) is 21.5 Å². The molecule has 1 fully saturated rings. The van der Waals surface area contributed by atoms with Gasteiger partial charge in [-0.3, -0.25) is 0 Å². The smallest absolute Gasteiger partial charge is 0.335 e. The fraction of sp³-hybridized carbons (Fsp3) is 0.207. The predicted molar refractivity (Wildman–Crippen MR) is 149 cm³/mol. The third kappa shape index (κ3) is 4.33. The molecule has 2 aromatic heterocycles. The zero-order chi connectivity index (χ0) is 28.5. The number of hydrogen-bond donors (Lipinski definition) is 2. The van der Waals surface area contributed by atoms with E-state index in [0.29, 0.717) is 42.9 Å². The molecule has 1 saturated carbocycles. The Morgan fingerprint density at radius 3 is 2.71 bits per heavy atom. The first-order valence-corrected chi connectivity index (χ1v) is 14.2. The Labute approximate surface area is 245 Å². The van der Waals surface area contributed by atoms with Crippen molar-refractivity contribution in [2.45, 2.75) is 31.0 Å². The van der Waals surface area contributed by atoms with Crippen LogP contribution in [0.15, 0.2) is 70.2 Å². The second kappa shape index (κ2) is 9.70. The summed E-state index contributed by atoms with van der Waals surface area (Å²) in [5.74, 6) is -0.595. The molecule has 2 aliphatic carbocycles. The highest BCUT2D eigenvalue weighted by molar-refractivity contribution is 7.18. The summed E-state index contributed by atoms with van der Waals surface area (Å²) in [6.07, 6.45) is 6.67. The maximum Gasteiger partial charge on any atom is 0.335 e. The fourth-order valence-electron chi connectivity index (χ4n) is 5.06. The summed E-state index contributed by atoms with van der Waals surface area (Å²) in [5, 5.41) is 26.6. The van der Waals surface area contributed by atoms with Crippen LogP contribution < -0.4 is 0 Å². The molecular formula is C29H19Cl2FN2O6S. The molecule has 2 aromatic carbocycles. The number of carboxylic acids is 1. The molecule has 8 nitrogen and oxygen atoms in total. The van der Waals surface area contributed by atoms with E-state index in [1.54, 1.807) is 30.4 Å². The van der Waals surface area contributed by atoms with Crippen molar-refractivity contribution < 1.29 is 33.4 Å². The first-order chi connectivity index (χ1) is 19.7. The summed E-state index contributed by atoms with van der Waals surface area (Å²) in [7, 11) is 0. The van der Waals surface area contributed by atoms with Gasteiger partial charge in [-0.2, -0.15) is 0 Å². The van der Waals surface area contributed by atoms with Crippen molar-refractivity contribution in [3.8, 4) is 11.3 Å². The first kappa shape index (κ1) is 26.2. The van der Waals surface area contributed by atoms with Gasteiger partial charge in [0.1, 0.15) is 41.0 Å². The SMILES string of the molecule is O=C(O)c1cc(F)c2nc(C3(O)C4=COCC3=CC(OCc3c(-c5c(Cl)cccc5Cl)noc3C3CC3)=C4)sc2c1. The highest BCUT2D eigenvalue weighted by Gasteiger charge is 2.45. The van der Waals surface area contributed by atoms with Gasteiger partial charge in [0.15, 0.2) is 11.4 Å². The van der Waals surface area contributed by atoms with Crippen LogP contribution >= 0.6 is 34.5 Å². The van der Waals surface area contributed by atoms with Crippen molar-refractivity contribution in [2.75, 3.05) is 6.61 Å². The molecule has 0 saturated heterocycles. The summed E-state index contributed by atoms with van der Waals surface area (Å²) in [4.78, 5) is 15.7. The van der Waals surface area contributed by atoms with Gasteiger partial charge < -0.3 is 24.2 Å². The molecule has 7 rings (SSSR count). The number of rotatable bonds is 7. The maximum atomic E-state index is 14.7. The Morgan fingerprint density at radius 2 is 2.00 bits per heavy atom. The Morgan fingerprint density at radius 1 is 1.22 bits per heavy atom. The number of fused-ring (bicyclic) bond motifs is 3. The van der Waals surface area contributed by atoms with Gasteiger partial charge in [-0.05, 0) is 49.3 Å². The molecule has 1 unspecified atom stereocenters. The van der Waals surface area contributed by atoms with Crippen molar-refractivity contribution in [2.24, 2.45) is 0 Å². The van der Waals surface area contributed by atoms with E-state index in [1.807, 2.05) is 0 Å². The minimum atomic E-state index is -1.70. The monoisotopic (exact) mass is 612 g/mol. The van der Waals surface area contributed by atoms with E-state index in [4.69, 9.17) is 37.2 Å². The van der Waals surface area contributed by atoms with E-state index in [2.05, 4.69) is 10.1 Å². The van der Waals surface area contributed by atoms with Crippen molar-refractivity contribution in [1.29, 1.82) is 0 Å². The van der Waals surface area contributed by atoms with E-state index in [1.165, 1.54) is 12.3 Å². The second-order valence-electron chi connectivity index (χ2n) is 9.97. The lowest BCUT2D eigenvalue weighted by Gasteiger charge is -2.36. The van der Waals surface area contributed by atoms with Crippen LogP contribution in [0.2, 0.25) is 10.0 Å². The average Bonchev–Trinajstić information content (AvgIpc) is 3.52. The molecule has 0 radical (unpaired) electrons. The van der Waals surface area contributed by atoms with Gasteiger partial charge >= 0.3 is 5.97 Å². The van der Waals surface area contributed by atoms with E-state index in [9.17, 15) is 19.4 Å². The number of ether oxygens (including phenoxy) is 2. The van der Waals surface area contributed by atoms with Crippen LogP contribution in [-0.4, -0.2) is 32.9 Å². The predicted octanol–water partition coefficient (Wildman–Crippen LogP) is 7.12. The number of aliphatic hydroxyl groups is 1. The minimum absolute atomic E-state index is 0.0135. The van der Waals surface area contributed by atoms with Gasteiger partial charge in [0.05, 0.1) is 32.1 Å². The standard InChI is InChI=1S/C29H19Cl2FN2O6S/c30-19-2-1-3-20(31)23(19)24-18(26(40-34-24)13-4-5-13)12-39-17-8-15-10-38-11-16(9-17)29(15,37)28-33-25-21(32)6-14(27(35)36)7-22(25)41-28/h1-3,6-10,13,37H,4-5,11-12H2,(H,35,36). The molecule has 4 aromatic rings. The number of carbonyl (C=O) groups is 1. The maximum absolute atomic E-state index is 14.7. The molecule has 1 aliphatic heterocycles. The number of nitrogens with zero attached hydrogens (tertiary/aromatic N) is 2. The van der Waals surface area contributed by atoms with Crippen molar-refractivity contribution in [1.82, 2.24) is 10.1 Å². The van der Waals surface area contributed by atoms with Crippen LogP contribution in [0.3, 0.4) is 0 Å². The lowest BCUT2D eigenvalue weighted by atomic mass is 9.81. The second-order valence-corrected chi connectivity index (χ2v) is 11.8. The third-order valence-corrected chi connectivity index (χ3v) is 9.04. The van der Waals surface area contributed by atoms with E-state index in [0.717, 1.165) is 41.6 Å². The van der Waals surface area contributed by atoms with Crippen molar-refractivity contribution in [3.63, 3.8) is 0 Å². The van der Waals surface area contributed by atoms with Crippen molar-refractivity contribution in [3.05, 3.63) is 103 Å². The molecule has 2 N–H and O–H groups in total. The Balaban J connectivity index is 1.22. The van der Waals surface area contributed by atoms with E-state index < -0.39 is 17.4 Å². The lowest BCUT2D eigenvalue weighted by Crippen LogP contribution is -2.37. The Kier molecular flexibility index (Phi) is 6.20. The van der Waals surface area contributed by atoms with Gasteiger partial charge in [0.2, 0.25) is 0 Å². The van der Waals surface area contributed by atoms with Gasteiger partial charge in [0.25, 0.3) is 0 Å². The topological polar surface area (TPSA) is 115 Å². The molecule has 3 heterocycles. The number of aromatic carboxylic acids is 1. The molecule has 12 heteroatoms.